The Balaban J connectivity index is 2.23. The van der Waals surface area contributed by atoms with Gasteiger partial charge in [-0.05, 0) is 23.6 Å². The first-order valence-electron chi connectivity index (χ1n) is 4.40. The Hall–Kier alpha value is -2.03. The number of H-pyrrole nitrogens is 1. The number of aromatic nitrogens is 2. The molecule has 0 saturated heterocycles. The van der Waals surface area contributed by atoms with Gasteiger partial charge in [0.1, 0.15) is 6.26 Å². The molecule has 1 aromatic carbocycles. The third-order valence-electron chi connectivity index (χ3n) is 2.23. The minimum atomic E-state index is 0.654. The van der Waals surface area contributed by atoms with Crippen LogP contribution in [0.4, 0.5) is 0 Å². The van der Waals surface area contributed by atoms with Crippen molar-refractivity contribution in [3.8, 4) is 11.5 Å². The molecule has 0 fully saturated rings. The monoisotopic (exact) mass is 184 g/mol. The molecular weight excluding hydrogens is 176 g/mol. The zero-order chi connectivity index (χ0) is 9.38. The summed E-state index contributed by atoms with van der Waals surface area (Å²) >= 11 is 0. The molecule has 3 aromatic rings. The van der Waals surface area contributed by atoms with Crippen LogP contribution in [0.5, 0.6) is 0 Å². The third-order valence-corrected chi connectivity index (χ3v) is 2.23. The normalized spacial score (nSPS) is 10.9. The van der Waals surface area contributed by atoms with Crippen LogP contribution in [0.3, 0.4) is 0 Å². The van der Waals surface area contributed by atoms with Crippen LogP contribution in [0.25, 0.3) is 22.4 Å². The van der Waals surface area contributed by atoms with Crippen molar-refractivity contribution in [3.05, 3.63) is 42.9 Å². The SMILES string of the molecule is c1coc(-c2ccc3cc[nH]c3c2)n1. The van der Waals surface area contributed by atoms with Crippen LogP contribution in [0.15, 0.2) is 47.3 Å². The number of nitrogens with zero attached hydrogens (tertiary/aromatic N) is 1. The quantitative estimate of drug-likeness (QED) is 0.631. The van der Waals surface area contributed by atoms with Crippen LogP contribution in [0.1, 0.15) is 0 Å². The number of oxazole rings is 1. The molecule has 0 unspecified atom stereocenters. The van der Waals surface area contributed by atoms with E-state index in [9.17, 15) is 0 Å². The van der Waals surface area contributed by atoms with Gasteiger partial charge in [-0.2, -0.15) is 0 Å². The maximum absolute atomic E-state index is 5.22. The van der Waals surface area contributed by atoms with Crippen molar-refractivity contribution in [2.75, 3.05) is 0 Å². The van der Waals surface area contributed by atoms with E-state index in [0.29, 0.717) is 5.89 Å². The molecule has 0 radical (unpaired) electrons. The van der Waals surface area contributed by atoms with Gasteiger partial charge < -0.3 is 9.40 Å². The van der Waals surface area contributed by atoms with Crippen LogP contribution < -0.4 is 0 Å². The van der Waals surface area contributed by atoms with Crippen molar-refractivity contribution < 1.29 is 4.42 Å². The van der Waals surface area contributed by atoms with Gasteiger partial charge in [0.25, 0.3) is 0 Å². The van der Waals surface area contributed by atoms with Crippen LogP contribution in [0.2, 0.25) is 0 Å². The van der Waals surface area contributed by atoms with E-state index in [2.05, 4.69) is 9.97 Å². The minimum absolute atomic E-state index is 0.654. The highest BCUT2D eigenvalue weighted by atomic mass is 16.3. The summed E-state index contributed by atoms with van der Waals surface area (Å²) in [5.74, 6) is 0.654. The van der Waals surface area contributed by atoms with Crippen LogP contribution in [0, 0.1) is 0 Å². The Morgan fingerprint density at radius 2 is 2.21 bits per heavy atom. The molecule has 0 aliphatic rings. The Morgan fingerprint density at radius 3 is 3.07 bits per heavy atom. The summed E-state index contributed by atoms with van der Waals surface area (Å²) in [7, 11) is 0. The molecule has 3 heteroatoms. The van der Waals surface area contributed by atoms with Gasteiger partial charge in [-0.15, -0.1) is 0 Å². The fourth-order valence-corrected chi connectivity index (χ4v) is 1.55. The molecule has 0 bridgehead atoms. The van der Waals surface area contributed by atoms with E-state index in [0.717, 1.165) is 11.1 Å². The Kier molecular flexibility index (Phi) is 1.44. The minimum Gasteiger partial charge on any atom is -0.445 e. The molecule has 14 heavy (non-hydrogen) atoms. The first kappa shape index (κ1) is 7.38. The topological polar surface area (TPSA) is 41.8 Å². The fraction of sp³-hybridized carbons (Fsp3) is 0. The zero-order valence-electron chi connectivity index (χ0n) is 7.40. The first-order valence-corrected chi connectivity index (χ1v) is 4.40. The Bertz CT molecular complexity index is 551. The number of fused-ring (bicyclic) bond motifs is 1. The summed E-state index contributed by atoms with van der Waals surface area (Å²) in [6, 6.07) is 8.11. The van der Waals surface area contributed by atoms with Crippen LogP contribution >= 0.6 is 0 Å². The molecule has 3 rings (SSSR count). The molecule has 68 valence electrons. The van der Waals surface area contributed by atoms with Crippen molar-refractivity contribution in [1.29, 1.82) is 0 Å². The van der Waals surface area contributed by atoms with E-state index in [1.54, 1.807) is 12.5 Å². The summed E-state index contributed by atoms with van der Waals surface area (Å²) in [6.45, 7) is 0. The maximum atomic E-state index is 5.22. The lowest BCUT2D eigenvalue weighted by Crippen LogP contribution is -1.76. The molecule has 0 aliphatic heterocycles. The number of hydrogen-bond donors (Lipinski definition) is 1. The Morgan fingerprint density at radius 1 is 1.21 bits per heavy atom. The molecule has 0 spiro atoms. The molecule has 0 aliphatic carbocycles. The van der Waals surface area contributed by atoms with Crippen molar-refractivity contribution in [2.24, 2.45) is 0 Å². The highest BCUT2D eigenvalue weighted by Crippen LogP contribution is 2.21. The fourth-order valence-electron chi connectivity index (χ4n) is 1.55. The molecule has 2 aromatic heterocycles. The number of rotatable bonds is 1. The average molecular weight is 184 g/mol. The van der Waals surface area contributed by atoms with Gasteiger partial charge in [-0.3, -0.25) is 0 Å². The van der Waals surface area contributed by atoms with Gasteiger partial charge in [-0.1, -0.05) is 6.07 Å². The molecular formula is C11H8N2O. The van der Waals surface area contributed by atoms with Gasteiger partial charge in [-0.25, -0.2) is 4.98 Å². The van der Waals surface area contributed by atoms with Crippen molar-refractivity contribution >= 4 is 10.9 Å². The number of aromatic amines is 1. The third kappa shape index (κ3) is 1.03. The molecule has 0 amide bonds. The molecule has 0 saturated carbocycles. The molecule has 2 heterocycles. The van der Waals surface area contributed by atoms with Gasteiger partial charge in [0.05, 0.1) is 6.20 Å². The molecule has 1 N–H and O–H groups in total. The second kappa shape index (κ2) is 2.73. The second-order valence-corrected chi connectivity index (χ2v) is 3.12. The van der Waals surface area contributed by atoms with Crippen LogP contribution in [-0.4, -0.2) is 9.97 Å². The van der Waals surface area contributed by atoms with Crippen molar-refractivity contribution in [1.82, 2.24) is 9.97 Å². The summed E-state index contributed by atoms with van der Waals surface area (Å²) < 4.78 is 5.22. The standard InChI is InChI=1S/C11H8N2O/c1-2-9(11-13-5-6-14-11)7-10-8(1)3-4-12-10/h1-7,12H. The van der Waals surface area contributed by atoms with E-state index < -0.39 is 0 Å². The zero-order valence-corrected chi connectivity index (χ0v) is 7.40. The lowest BCUT2D eigenvalue weighted by Gasteiger charge is -1.95. The van der Waals surface area contributed by atoms with E-state index in [1.807, 2.05) is 30.5 Å². The number of benzene rings is 1. The van der Waals surface area contributed by atoms with E-state index >= 15 is 0 Å². The predicted molar refractivity (Wildman–Crippen MR) is 53.8 cm³/mol. The molecule has 3 nitrogen and oxygen atoms in total. The van der Waals surface area contributed by atoms with E-state index in [-0.39, 0.29) is 0 Å². The molecule has 0 atom stereocenters. The van der Waals surface area contributed by atoms with Crippen molar-refractivity contribution in [2.45, 2.75) is 0 Å². The summed E-state index contributed by atoms with van der Waals surface area (Å²) in [6.07, 6.45) is 5.15. The highest BCUT2D eigenvalue weighted by molar-refractivity contribution is 5.83. The highest BCUT2D eigenvalue weighted by Gasteiger charge is 2.03. The summed E-state index contributed by atoms with van der Waals surface area (Å²) in [5, 5.41) is 1.19. The van der Waals surface area contributed by atoms with Gasteiger partial charge in [0.15, 0.2) is 0 Å². The lowest BCUT2D eigenvalue weighted by molar-refractivity contribution is 0.574. The lowest BCUT2D eigenvalue weighted by atomic mass is 10.2. The van der Waals surface area contributed by atoms with Crippen LogP contribution in [-0.2, 0) is 0 Å². The number of nitrogens with one attached hydrogen (secondary N) is 1. The summed E-state index contributed by atoms with van der Waals surface area (Å²) in [4.78, 5) is 7.25. The number of hydrogen-bond acceptors (Lipinski definition) is 2. The van der Waals surface area contributed by atoms with Gasteiger partial charge in [0.2, 0.25) is 5.89 Å². The second-order valence-electron chi connectivity index (χ2n) is 3.12. The van der Waals surface area contributed by atoms with E-state index in [4.69, 9.17) is 4.42 Å². The Labute approximate surface area is 80.4 Å². The average Bonchev–Trinajstić information content (AvgIpc) is 2.88. The van der Waals surface area contributed by atoms with Crippen molar-refractivity contribution in [3.63, 3.8) is 0 Å². The van der Waals surface area contributed by atoms with Gasteiger partial charge >= 0.3 is 0 Å². The smallest absolute Gasteiger partial charge is 0.225 e. The summed E-state index contributed by atoms with van der Waals surface area (Å²) in [5.41, 5.74) is 2.09. The predicted octanol–water partition coefficient (Wildman–Crippen LogP) is 2.82. The van der Waals surface area contributed by atoms with Gasteiger partial charge in [0, 0.05) is 17.3 Å². The first-order chi connectivity index (χ1) is 6.93. The van der Waals surface area contributed by atoms with E-state index in [1.165, 1.54) is 5.39 Å². The largest absolute Gasteiger partial charge is 0.445 e. The maximum Gasteiger partial charge on any atom is 0.225 e.